The van der Waals surface area contributed by atoms with Crippen LogP contribution in [0.2, 0.25) is 10.0 Å². The highest BCUT2D eigenvalue weighted by Gasteiger charge is 2.15. The summed E-state index contributed by atoms with van der Waals surface area (Å²) in [6.45, 7) is 3.50. The van der Waals surface area contributed by atoms with Crippen molar-refractivity contribution in [1.29, 1.82) is 5.26 Å². The monoisotopic (exact) mass is 334 g/mol. The molecule has 1 aromatic carbocycles. The van der Waals surface area contributed by atoms with Crippen LogP contribution in [0, 0.1) is 25.2 Å². The average molecular weight is 335 g/mol. The molecule has 0 aliphatic carbocycles. The Balaban J connectivity index is 2.13. The van der Waals surface area contributed by atoms with Crippen molar-refractivity contribution in [3.63, 3.8) is 0 Å². The van der Waals surface area contributed by atoms with Crippen LogP contribution in [-0.4, -0.2) is 5.91 Å². The molecule has 22 heavy (non-hydrogen) atoms. The summed E-state index contributed by atoms with van der Waals surface area (Å²) in [7, 11) is 0. The van der Waals surface area contributed by atoms with Crippen LogP contribution in [0.4, 0.5) is 5.88 Å². The van der Waals surface area contributed by atoms with Gasteiger partial charge in [0.1, 0.15) is 17.4 Å². The maximum atomic E-state index is 11.9. The molecule has 1 amide bonds. The lowest BCUT2D eigenvalue weighted by atomic mass is 10.2. The molecule has 2 aromatic rings. The molecule has 0 aliphatic rings. The minimum absolute atomic E-state index is 0.154. The van der Waals surface area contributed by atoms with Crippen molar-refractivity contribution in [3.05, 3.63) is 56.8 Å². The number of hydrogen-bond acceptors (Lipinski definition) is 3. The molecular weight excluding hydrogens is 323 g/mol. The van der Waals surface area contributed by atoms with Crippen LogP contribution < -0.4 is 5.32 Å². The van der Waals surface area contributed by atoms with Gasteiger partial charge >= 0.3 is 0 Å². The smallest absolute Gasteiger partial charge is 0.250 e. The molecule has 2 rings (SSSR count). The first kappa shape index (κ1) is 16.2. The number of nitriles is 1. The van der Waals surface area contributed by atoms with E-state index in [1.54, 1.807) is 38.1 Å². The number of amides is 1. The van der Waals surface area contributed by atoms with E-state index >= 15 is 0 Å². The number of hydrogen-bond donors (Lipinski definition) is 1. The predicted octanol–water partition coefficient (Wildman–Crippen LogP) is 4.73. The van der Waals surface area contributed by atoms with Gasteiger partial charge in [0.25, 0.3) is 5.91 Å². The van der Waals surface area contributed by atoms with Gasteiger partial charge in [-0.1, -0.05) is 29.3 Å². The van der Waals surface area contributed by atoms with E-state index in [0.29, 0.717) is 26.9 Å². The van der Waals surface area contributed by atoms with E-state index in [4.69, 9.17) is 32.9 Å². The lowest BCUT2D eigenvalue weighted by Gasteiger charge is -1.99. The molecule has 0 atom stereocenters. The van der Waals surface area contributed by atoms with Crippen LogP contribution in [0.5, 0.6) is 0 Å². The number of halogens is 2. The number of carbonyl (C=O) groups is 1. The number of anilines is 1. The fourth-order valence-electron chi connectivity index (χ4n) is 1.79. The zero-order chi connectivity index (χ0) is 16.3. The van der Waals surface area contributed by atoms with E-state index in [1.807, 2.05) is 6.07 Å². The van der Waals surface area contributed by atoms with Gasteiger partial charge in [0.2, 0.25) is 5.88 Å². The highest BCUT2D eigenvalue weighted by atomic mass is 35.5. The fourth-order valence-corrected chi connectivity index (χ4v) is 2.10. The molecule has 0 fully saturated rings. The third kappa shape index (κ3) is 3.51. The fraction of sp³-hybridized carbons (Fsp3) is 0.125. The van der Waals surface area contributed by atoms with Crippen LogP contribution in [-0.2, 0) is 4.79 Å². The van der Waals surface area contributed by atoms with E-state index < -0.39 is 5.91 Å². The van der Waals surface area contributed by atoms with Crippen molar-refractivity contribution < 1.29 is 9.21 Å². The molecule has 112 valence electrons. The summed E-state index contributed by atoms with van der Waals surface area (Å²) in [5.74, 6) is 0.345. The average Bonchev–Trinajstić information content (AvgIpc) is 2.74. The van der Waals surface area contributed by atoms with Crippen molar-refractivity contribution >= 4 is 41.1 Å². The van der Waals surface area contributed by atoms with Gasteiger partial charge in [0.15, 0.2) is 0 Å². The third-order valence-electron chi connectivity index (χ3n) is 3.10. The summed E-state index contributed by atoms with van der Waals surface area (Å²) in [5, 5.41) is 12.5. The van der Waals surface area contributed by atoms with E-state index in [1.165, 1.54) is 6.08 Å². The van der Waals surface area contributed by atoms with Gasteiger partial charge < -0.3 is 4.42 Å². The van der Waals surface area contributed by atoms with Gasteiger partial charge in [-0.25, -0.2) is 0 Å². The zero-order valence-corrected chi connectivity index (χ0v) is 13.4. The Morgan fingerprint density at radius 3 is 2.68 bits per heavy atom. The second kappa shape index (κ2) is 6.69. The van der Waals surface area contributed by atoms with Crippen molar-refractivity contribution in [2.75, 3.05) is 5.32 Å². The van der Waals surface area contributed by atoms with E-state index in [2.05, 4.69) is 5.32 Å². The van der Waals surface area contributed by atoms with Crippen molar-refractivity contribution in [2.45, 2.75) is 13.8 Å². The van der Waals surface area contributed by atoms with Gasteiger partial charge in [0, 0.05) is 11.6 Å². The van der Waals surface area contributed by atoms with E-state index in [0.717, 1.165) is 5.56 Å². The quantitative estimate of drug-likeness (QED) is 0.825. The van der Waals surface area contributed by atoms with Crippen LogP contribution in [0.25, 0.3) is 6.08 Å². The Morgan fingerprint density at radius 2 is 2.05 bits per heavy atom. The Bertz CT molecular complexity index is 801. The summed E-state index contributed by atoms with van der Waals surface area (Å²) in [6, 6.07) is 7.04. The Hall–Kier alpha value is -2.22. The molecule has 4 nitrogen and oxygen atoms in total. The molecule has 1 heterocycles. The number of aryl methyl sites for hydroxylation is 1. The number of carbonyl (C=O) groups excluding carboxylic acids is 1. The Kier molecular flexibility index (Phi) is 4.92. The second-order valence-corrected chi connectivity index (χ2v) is 5.41. The summed E-state index contributed by atoms with van der Waals surface area (Å²) in [4.78, 5) is 11.9. The van der Waals surface area contributed by atoms with E-state index in [9.17, 15) is 4.79 Å². The molecule has 0 bridgehead atoms. The minimum Gasteiger partial charge on any atom is -0.444 e. The highest BCUT2D eigenvalue weighted by Crippen LogP contribution is 2.25. The molecule has 1 aromatic heterocycles. The second-order valence-electron chi connectivity index (χ2n) is 4.60. The number of nitrogens with zero attached hydrogens (tertiary/aromatic N) is 1. The highest BCUT2D eigenvalue weighted by molar-refractivity contribution is 6.42. The summed E-state index contributed by atoms with van der Waals surface area (Å²) in [5.41, 5.74) is 1.77. The van der Waals surface area contributed by atoms with Crippen molar-refractivity contribution in [2.24, 2.45) is 0 Å². The predicted molar refractivity (Wildman–Crippen MR) is 87.0 cm³/mol. The number of rotatable bonds is 3. The third-order valence-corrected chi connectivity index (χ3v) is 3.84. The maximum absolute atomic E-state index is 11.9. The van der Waals surface area contributed by atoms with Gasteiger partial charge in [-0.3, -0.25) is 10.1 Å². The SMILES string of the molecule is Cc1oc(NC(=O)/C=C/c2ccc(Cl)c(Cl)c2)c(C#N)c1C. The van der Waals surface area contributed by atoms with Crippen molar-refractivity contribution in [3.8, 4) is 6.07 Å². The van der Waals surface area contributed by atoms with Crippen LogP contribution in [0.15, 0.2) is 28.7 Å². The molecule has 0 saturated heterocycles. The summed E-state index contributed by atoms with van der Waals surface area (Å²) >= 11 is 11.7. The first-order valence-corrected chi connectivity index (χ1v) is 7.12. The molecule has 0 radical (unpaired) electrons. The van der Waals surface area contributed by atoms with Crippen LogP contribution in [0.3, 0.4) is 0 Å². The molecule has 0 spiro atoms. The minimum atomic E-state index is -0.406. The first-order chi connectivity index (χ1) is 10.4. The largest absolute Gasteiger partial charge is 0.444 e. The molecule has 0 unspecified atom stereocenters. The molecule has 1 N–H and O–H groups in total. The van der Waals surface area contributed by atoms with Crippen LogP contribution in [0.1, 0.15) is 22.5 Å². The Labute approximate surface area is 137 Å². The number of furan rings is 1. The van der Waals surface area contributed by atoms with Crippen molar-refractivity contribution in [1.82, 2.24) is 0 Å². The molecular formula is C16H12Cl2N2O2. The van der Waals surface area contributed by atoms with Gasteiger partial charge in [0.05, 0.1) is 10.0 Å². The molecule has 0 aliphatic heterocycles. The summed E-state index contributed by atoms with van der Waals surface area (Å²) in [6.07, 6.45) is 2.92. The van der Waals surface area contributed by atoms with Crippen LogP contribution >= 0.6 is 23.2 Å². The normalized spacial score (nSPS) is 10.7. The standard InChI is InChI=1S/C16H12Cl2N2O2/c1-9-10(2)22-16(12(9)8-19)20-15(21)6-4-11-3-5-13(17)14(18)7-11/h3-7H,1-2H3,(H,20,21)/b6-4+. The number of benzene rings is 1. The lowest BCUT2D eigenvalue weighted by molar-refractivity contribution is -0.111. The topological polar surface area (TPSA) is 66.0 Å². The zero-order valence-electron chi connectivity index (χ0n) is 11.9. The number of nitrogens with one attached hydrogen (secondary N) is 1. The van der Waals surface area contributed by atoms with Gasteiger partial charge in [-0.05, 0) is 37.6 Å². The lowest BCUT2D eigenvalue weighted by Crippen LogP contribution is -2.08. The van der Waals surface area contributed by atoms with Gasteiger partial charge in [-0.15, -0.1) is 0 Å². The van der Waals surface area contributed by atoms with E-state index in [-0.39, 0.29) is 5.88 Å². The molecule has 0 saturated carbocycles. The maximum Gasteiger partial charge on any atom is 0.250 e. The van der Waals surface area contributed by atoms with Gasteiger partial charge in [-0.2, -0.15) is 5.26 Å². The molecule has 6 heteroatoms. The summed E-state index contributed by atoms with van der Waals surface area (Å²) < 4.78 is 5.37. The first-order valence-electron chi connectivity index (χ1n) is 6.36. The Morgan fingerprint density at radius 1 is 1.32 bits per heavy atom.